The lowest BCUT2D eigenvalue weighted by atomic mass is 9.87. The molecule has 0 amide bonds. The number of thioether (sulfide) groups is 1. The molecule has 0 bridgehead atoms. The summed E-state index contributed by atoms with van der Waals surface area (Å²) >= 11 is 3.59. The Balaban J connectivity index is 1.61. The van der Waals surface area contributed by atoms with Gasteiger partial charge in [-0.3, -0.25) is 0 Å². The molecule has 5 rings (SSSR count). The van der Waals surface area contributed by atoms with E-state index in [2.05, 4.69) is 42.2 Å². The van der Waals surface area contributed by atoms with Gasteiger partial charge in [0.25, 0.3) is 0 Å². The highest BCUT2D eigenvalue weighted by atomic mass is 32.2. The number of fused-ring (bicyclic) bond motifs is 5. The van der Waals surface area contributed by atoms with Crippen LogP contribution in [0.3, 0.4) is 0 Å². The van der Waals surface area contributed by atoms with E-state index in [-0.39, 0.29) is 0 Å². The Labute approximate surface area is 180 Å². The van der Waals surface area contributed by atoms with Crippen molar-refractivity contribution in [2.24, 2.45) is 0 Å². The van der Waals surface area contributed by atoms with Gasteiger partial charge in [-0.1, -0.05) is 43.7 Å². The third-order valence-electron chi connectivity index (χ3n) is 5.76. The Bertz CT molecular complexity index is 1150. The van der Waals surface area contributed by atoms with Crippen molar-refractivity contribution in [3.8, 4) is 0 Å². The predicted molar refractivity (Wildman–Crippen MR) is 124 cm³/mol. The molecule has 0 N–H and O–H groups in total. The molecule has 148 valence electrons. The fourth-order valence-corrected chi connectivity index (χ4v) is 6.51. The quantitative estimate of drug-likeness (QED) is 0.256. The van der Waals surface area contributed by atoms with Crippen molar-refractivity contribution < 1.29 is 0 Å². The smallest absolute Gasteiger partial charge is 0.126 e. The SMILES string of the molecule is CCCCc1nc2sc3c(SCc4ccccc4)ncnc3c2c2c1CCCC2. The molecule has 0 aliphatic heterocycles. The molecule has 1 aromatic carbocycles. The van der Waals surface area contributed by atoms with Gasteiger partial charge in [-0.15, -0.1) is 23.1 Å². The van der Waals surface area contributed by atoms with E-state index in [0.717, 1.165) is 34.0 Å². The van der Waals surface area contributed by atoms with Crippen LogP contribution in [0.15, 0.2) is 41.7 Å². The highest BCUT2D eigenvalue weighted by Gasteiger charge is 2.23. The minimum atomic E-state index is 0.925. The topological polar surface area (TPSA) is 38.7 Å². The summed E-state index contributed by atoms with van der Waals surface area (Å²) in [6.45, 7) is 2.26. The number of pyridine rings is 1. The van der Waals surface area contributed by atoms with Gasteiger partial charge in [-0.25, -0.2) is 15.0 Å². The maximum Gasteiger partial charge on any atom is 0.126 e. The van der Waals surface area contributed by atoms with E-state index in [0.29, 0.717) is 0 Å². The van der Waals surface area contributed by atoms with Crippen LogP contribution in [0.1, 0.15) is 55.0 Å². The summed E-state index contributed by atoms with van der Waals surface area (Å²) in [7, 11) is 0. The Morgan fingerprint density at radius 3 is 2.69 bits per heavy atom. The highest BCUT2D eigenvalue weighted by molar-refractivity contribution is 7.98. The summed E-state index contributed by atoms with van der Waals surface area (Å²) in [5.74, 6) is 0.925. The first-order chi connectivity index (χ1) is 14.3. The molecule has 29 heavy (non-hydrogen) atoms. The lowest BCUT2D eigenvalue weighted by Gasteiger charge is -2.20. The minimum absolute atomic E-state index is 0.925. The number of aromatic nitrogens is 3. The van der Waals surface area contributed by atoms with Gasteiger partial charge in [-0.05, 0) is 55.2 Å². The van der Waals surface area contributed by atoms with E-state index in [1.165, 1.54) is 64.6 Å². The van der Waals surface area contributed by atoms with Crippen molar-refractivity contribution >= 4 is 43.5 Å². The Kier molecular flexibility index (Phi) is 5.51. The second-order valence-electron chi connectivity index (χ2n) is 7.74. The second-order valence-corrected chi connectivity index (χ2v) is 9.70. The van der Waals surface area contributed by atoms with Gasteiger partial charge < -0.3 is 0 Å². The highest BCUT2D eigenvalue weighted by Crippen LogP contribution is 2.42. The van der Waals surface area contributed by atoms with Crippen LogP contribution in [0.25, 0.3) is 20.4 Å². The summed E-state index contributed by atoms with van der Waals surface area (Å²) in [5, 5.41) is 2.39. The minimum Gasteiger partial charge on any atom is -0.242 e. The van der Waals surface area contributed by atoms with Crippen LogP contribution in [0.4, 0.5) is 0 Å². The molecule has 1 aliphatic carbocycles. The lowest BCUT2D eigenvalue weighted by Crippen LogP contribution is -2.09. The number of hydrogen-bond donors (Lipinski definition) is 0. The van der Waals surface area contributed by atoms with Crippen LogP contribution in [-0.2, 0) is 25.0 Å². The standard InChI is InChI=1S/C24H25N3S2/c1-2-3-13-19-17-11-7-8-12-18(17)20-21-22(29-23(20)27-19)24(26-15-25-21)28-14-16-9-5-4-6-10-16/h4-6,9-10,15H,2-3,7-8,11-14H2,1H3. The summed E-state index contributed by atoms with van der Waals surface area (Å²) < 4.78 is 1.20. The molecule has 3 nitrogen and oxygen atoms in total. The molecule has 0 fully saturated rings. The molecule has 4 aromatic rings. The molecule has 0 saturated carbocycles. The molecule has 0 saturated heterocycles. The summed E-state index contributed by atoms with van der Waals surface area (Å²) in [6.07, 6.45) is 10.2. The third kappa shape index (κ3) is 3.66. The monoisotopic (exact) mass is 419 g/mol. The first-order valence-electron chi connectivity index (χ1n) is 10.6. The van der Waals surface area contributed by atoms with Crippen LogP contribution in [0.2, 0.25) is 0 Å². The van der Waals surface area contributed by atoms with E-state index in [9.17, 15) is 0 Å². The first kappa shape index (κ1) is 19.0. The van der Waals surface area contributed by atoms with Crippen molar-refractivity contribution in [1.82, 2.24) is 15.0 Å². The van der Waals surface area contributed by atoms with Gasteiger partial charge in [0.05, 0.1) is 10.2 Å². The zero-order valence-corrected chi connectivity index (χ0v) is 18.4. The number of unbranched alkanes of at least 4 members (excludes halogenated alkanes) is 1. The Morgan fingerprint density at radius 2 is 1.86 bits per heavy atom. The fraction of sp³-hybridized carbons (Fsp3) is 0.375. The number of hydrogen-bond acceptors (Lipinski definition) is 5. The van der Waals surface area contributed by atoms with E-state index in [1.54, 1.807) is 29.4 Å². The number of aryl methyl sites for hydroxylation is 2. The number of nitrogens with zero attached hydrogens (tertiary/aromatic N) is 3. The van der Waals surface area contributed by atoms with Crippen molar-refractivity contribution in [3.63, 3.8) is 0 Å². The van der Waals surface area contributed by atoms with Gasteiger partial charge in [0.1, 0.15) is 16.2 Å². The molecule has 3 aromatic heterocycles. The molecule has 0 unspecified atom stereocenters. The normalized spacial score (nSPS) is 13.8. The van der Waals surface area contributed by atoms with Crippen LogP contribution in [0.5, 0.6) is 0 Å². The molecule has 1 aliphatic rings. The maximum atomic E-state index is 5.16. The van der Waals surface area contributed by atoms with Crippen molar-refractivity contribution in [2.75, 3.05) is 0 Å². The largest absolute Gasteiger partial charge is 0.242 e. The lowest BCUT2D eigenvalue weighted by molar-refractivity contribution is 0.670. The Morgan fingerprint density at radius 1 is 1.03 bits per heavy atom. The summed E-state index contributed by atoms with van der Waals surface area (Å²) in [5.41, 5.74) is 6.82. The third-order valence-corrected chi connectivity index (χ3v) is 8.03. The zero-order chi connectivity index (χ0) is 19.6. The molecule has 3 heterocycles. The number of rotatable bonds is 6. The van der Waals surface area contributed by atoms with Gasteiger partial charge in [0.2, 0.25) is 0 Å². The van der Waals surface area contributed by atoms with Crippen LogP contribution >= 0.6 is 23.1 Å². The molecule has 0 atom stereocenters. The van der Waals surface area contributed by atoms with Crippen LogP contribution < -0.4 is 0 Å². The summed E-state index contributed by atoms with van der Waals surface area (Å²) in [4.78, 5) is 15.7. The van der Waals surface area contributed by atoms with E-state index in [4.69, 9.17) is 9.97 Å². The molecule has 0 radical (unpaired) electrons. The Hall–Kier alpha value is -1.98. The molecular formula is C24H25N3S2. The number of thiophene rings is 1. The molecule has 0 spiro atoms. The van der Waals surface area contributed by atoms with E-state index < -0.39 is 0 Å². The summed E-state index contributed by atoms with van der Waals surface area (Å²) in [6, 6.07) is 10.6. The zero-order valence-electron chi connectivity index (χ0n) is 16.8. The average molecular weight is 420 g/mol. The van der Waals surface area contributed by atoms with E-state index in [1.807, 2.05) is 0 Å². The van der Waals surface area contributed by atoms with Gasteiger partial charge in [-0.2, -0.15) is 0 Å². The fourth-order valence-electron chi connectivity index (χ4n) is 4.30. The molecular weight excluding hydrogens is 394 g/mol. The molecule has 5 heteroatoms. The van der Waals surface area contributed by atoms with E-state index >= 15 is 0 Å². The van der Waals surface area contributed by atoms with Crippen molar-refractivity contribution in [2.45, 2.75) is 62.6 Å². The second kappa shape index (κ2) is 8.41. The van der Waals surface area contributed by atoms with Crippen molar-refractivity contribution in [3.05, 3.63) is 59.0 Å². The van der Waals surface area contributed by atoms with Gasteiger partial charge >= 0.3 is 0 Å². The van der Waals surface area contributed by atoms with Crippen LogP contribution in [0, 0.1) is 0 Å². The average Bonchev–Trinajstić information content (AvgIpc) is 3.16. The first-order valence-corrected chi connectivity index (χ1v) is 12.4. The van der Waals surface area contributed by atoms with Crippen LogP contribution in [-0.4, -0.2) is 15.0 Å². The number of benzene rings is 1. The predicted octanol–water partition coefficient (Wildman–Crippen LogP) is 6.75. The van der Waals surface area contributed by atoms with Gasteiger partial charge in [0, 0.05) is 16.8 Å². The van der Waals surface area contributed by atoms with Crippen molar-refractivity contribution in [1.29, 1.82) is 0 Å². The maximum absolute atomic E-state index is 5.16. The van der Waals surface area contributed by atoms with Gasteiger partial charge in [0.15, 0.2) is 0 Å².